The molecule has 0 amide bonds. The minimum atomic E-state index is 0.254. The number of phenolic OH excluding ortho intramolecular Hbond substituents is 1. The minimum Gasteiger partial charge on any atom is -0.506 e. The number of hydrogen-bond donors (Lipinski definition) is 2. The van der Waals surface area contributed by atoms with Crippen LogP contribution in [0.1, 0.15) is 25.8 Å². The monoisotopic (exact) mass is 392 g/mol. The zero-order valence-corrected chi connectivity index (χ0v) is 14.7. The van der Waals surface area contributed by atoms with Gasteiger partial charge in [0.25, 0.3) is 0 Å². The summed E-state index contributed by atoms with van der Waals surface area (Å²) in [4.78, 5) is 2.44. The van der Waals surface area contributed by atoms with Crippen LogP contribution in [0.15, 0.2) is 21.1 Å². The van der Waals surface area contributed by atoms with E-state index in [9.17, 15) is 5.11 Å². The first-order chi connectivity index (χ1) is 9.08. The Morgan fingerprint density at radius 3 is 2.32 bits per heavy atom. The number of aromatic hydroxyl groups is 1. The molecule has 0 aromatic heterocycles. The van der Waals surface area contributed by atoms with Crippen LogP contribution in [0.25, 0.3) is 0 Å². The fourth-order valence-corrected chi connectivity index (χ4v) is 3.22. The molecule has 0 aliphatic carbocycles. The second-order valence-corrected chi connectivity index (χ2v) is 6.23. The summed E-state index contributed by atoms with van der Waals surface area (Å²) >= 11 is 6.69. The van der Waals surface area contributed by atoms with Crippen molar-refractivity contribution in [3.8, 4) is 5.75 Å². The van der Waals surface area contributed by atoms with Crippen molar-refractivity contribution in [1.29, 1.82) is 0 Å². The molecule has 1 rings (SSSR count). The van der Waals surface area contributed by atoms with Gasteiger partial charge in [0.15, 0.2) is 0 Å². The third-order valence-corrected chi connectivity index (χ3v) is 4.21. The van der Waals surface area contributed by atoms with E-state index in [1.807, 2.05) is 12.1 Å². The highest BCUT2D eigenvalue weighted by Gasteiger charge is 2.06. The highest BCUT2D eigenvalue weighted by molar-refractivity contribution is 9.11. The van der Waals surface area contributed by atoms with Gasteiger partial charge in [0, 0.05) is 19.6 Å². The molecule has 1 aromatic carbocycles. The number of benzene rings is 1. The Labute approximate surface area is 132 Å². The highest BCUT2D eigenvalue weighted by atomic mass is 79.9. The van der Waals surface area contributed by atoms with E-state index < -0.39 is 0 Å². The van der Waals surface area contributed by atoms with E-state index in [0.717, 1.165) is 47.2 Å². The number of nitrogens with one attached hydrogen (secondary N) is 1. The summed E-state index contributed by atoms with van der Waals surface area (Å²) in [5.74, 6) is 0.254. The Morgan fingerprint density at radius 2 is 1.79 bits per heavy atom. The van der Waals surface area contributed by atoms with Gasteiger partial charge in [0.05, 0.1) is 8.95 Å². The summed E-state index contributed by atoms with van der Waals surface area (Å²) in [6, 6.07) is 3.88. The maximum Gasteiger partial charge on any atom is 0.143 e. The lowest BCUT2D eigenvalue weighted by Gasteiger charge is -2.19. The van der Waals surface area contributed by atoms with Crippen molar-refractivity contribution in [3.63, 3.8) is 0 Å². The topological polar surface area (TPSA) is 35.5 Å². The van der Waals surface area contributed by atoms with Gasteiger partial charge in [-0.05, 0) is 69.1 Å². The van der Waals surface area contributed by atoms with E-state index in [2.05, 4.69) is 55.9 Å². The molecular weight excluding hydrogens is 372 g/mol. The van der Waals surface area contributed by atoms with Crippen LogP contribution in [-0.4, -0.2) is 36.2 Å². The Balaban J connectivity index is 2.37. The van der Waals surface area contributed by atoms with Crippen molar-refractivity contribution in [2.45, 2.75) is 26.8 Å². The number of likely N-dealkylation sites (N-methyl/N-ethyl adjacent to an activating group) is 1. The van der Waals surface area contributed by atoms with E-state index in [0.29, 0.717) is 0 Å². The summed E-state index contributed by atoms with van der Waals surface area (Å²) in [6.45, 7) is 9.53. The van der Waals surface area contributed by atoms with Crippen molar-refractivity contribution in [1.82, 2.24) is 10.2 Å². The Bertz CT molecular complexity index is 376. The average Bonchev–Trinajstić information content (AvgIpc) is 2.39. The highest BCUT2D eigenvalue weighted by Crippen LogP contribution is 2.33. The molecule has 19 heavy (non-hydrogen) atoms. The Hall–Kier alpha value is -0.100. The van der Waals surface area contributed by atoms with Crippen LogP contribution in [0, 0.1) is 0 Å². The summed E-state index contributed by atoms with van der Waals surface area (Å²) in [7, 11) is 0. The van der Waals surface area contributed by atoms with Crippen LogP contribution in [-0.2, 0) is 6.54 Å². The van der Waals surface area contributed by atoms with Gasteiger partial charge < -0.3 is 15.3 Å². The predicted molar refractivity (Wildman–Crippen MR) is 87.6 cm³/mol. The normalized spacial score (nSPS) is 11.2. The average molecular weight is 394 g/mol. The van der Waals surface area contributed by atoms with E-state index in [-0.39, 0.29) is 5.75 Å². The molecule has 5 heteroatoms. The quantitative estimate of drug-likeness (QED) is 0.660. The van der Waals surface area contributed by atoms with Crippen LogP contribution in [0.2, 0.25) is 0 Å². The first-order valence-corrected chi connectivity index (χ1v) is 8.27. The van der Waals surface area contributed by atoms with Crippen molar-refractivity contribution >= 4 is 31.9 Å². The smallest absolute Gasteiger partial charge is 0.143 e. The third kappa shape index (κ3) is 5.81. The lowest BCUT2D eigenvalue weighted by molar-refractivity contribution is 0.287. The Morgan fingerprint density at radius 1 is 1.16 bits per heavy atom. The van der Waals surface area contributed by atoms with Gasteiger partial charge in [0.1, 0.15) is 5.75 Å². The first-order valence-electron chi connectivity index (χ1n) is 6.68. The van der Waals surface area contributed by atoms with Crippen LogP contribution >= 0.6 is 31.9 Å². The molecule has 0 unspecified atom stereocenters. The summed E-state index contributed by atoms with van der Waals surface area (Å²) in [6.07, 6.45) is 1.20. The van der Waals surface area contributed by atoms with E-state index >= 15 is 0 Å². The van der Waals surface area contributed by atoms with Crippen molar-refractivity contribution < 1.29 is 5.11 Å². The molecule has 0 atom stereocenters. The molecule has 0 heterocycles. The summed E-state index contributed by atoms with van der Waals surface area (Å²) < 4.78 is 1.44. The Kier molecular flexibility index (Phi) is 7.99. The van der Waals surface area contributed by atoms with E-state index in [4.69, 9.17) is 0 Å². The molecule has 1 aromatic rings. The minimum absolute atomic E-state index is 0.254. The van der Waals surface area contributed by atoms with Crippen molar-refractivity contribution in [2.75, 3.05) is 26.2 Å². The van der Waals surface area contributed by atoms with Gasteiger partial charge in [0.2, 0.25) is 0 Å². The maximum absolute atomic E-state index is 9.65. The fraction of sp³-hybridized carbons (Fsp3) is 0.571. The molecule has 2 N–H and O–H groups in total. The lowest BCUT2D eigenvalue weighted by atomic mass is 10.2. The van der Waals surface area contributed by atoms with Crippen LogP contribution < -0.4 is 5.32 Å². The summed E-state index contributed by atoms with van der Waals surface area (Å²) in [5.41, 5.74) is 1.15. The standard InChI is InChI=1S/C14H22Br2N2O/c1-3-6-18(4-2)7-5-17-10-11-8-12(15)14(19)13(16)9-11/h8-9,17,19H,3-7,10H2,1-2H3. The van der Waals surface area contributed by atoms with Crippen molar-refractivity contribution in [3.05, 3.63) is 26.6 Å². The number of halogens is 2. The van der Waals surface area contributed by atoms with Gasteiger partial charge in [-0.1, -0.05) is 13.8 Å². The molecule has 0 saturated heterocycles. The molecule has 0 fully saturated rings. The first kappa shape index (κ1) is 17.0. The van der Waals surface area contributed by atoms with Gasteiger partial charge in [-0.3, -0.25) is 0 Å². The molecule has 0 spiro atoms. The molecule has 0 saturated carbocycles. The zero-order chi connectivity index (χ0) is 14.3. The molecule has 0 aliphatic rings. The van der Waals surface area contributed by atoms with Gasteiger partial charge >= 0.3 is 0 Å². The number of rotatable bonds is 8. The maximum atomic E-state index is 9.65. The number of hydrogen-bond acceptors (Lipinski definition) is 3. The van der Waals surface area contributed by atoms with Crippen LogP contribution in [0.5, 0.6) is 5.75 Å². The van der Waals surface area contributed by atoms with Gasteiger partial charge in [-0.25, -0.2) is 0 Å². The number of phenols is 1. The third-order valence-electron chi connectivity index (χ3n) is 3.00. The van der Waals surface area contributed by atoms with Gasteiger partial charge in [-0.2, -0.15) is 0 Å². The molecule has 0 bridgehead atoms. The lowest BCUT2D eigenvalue weighted by Crippen LogP contribution is -2.32. The SMILES string of the molecule is CCCN(CC)CCNCc1cc(Br)c(O)c(Br)c1. The largest absolute Gasteiger partial charge is 0.506 e. The second-order valence-electron chi connectivity index (χ2n) is 4.52. The predicted octanol–water partition coefficient (Wildman–Crippen LogP) is 3.74. The van der Waals surface area contributed by atoms with E-state index in [1.54, 1.807) is 0 Å². The molecule has 0 radical (unpaired) electrons. The van der Waals surface area contributed by atoms with Crippen LogP contribution in [0.3, 0.4) is 0 Å². The zero-order valence-electron chi connectivity index (χ0n) is 11.5. The molecule has 0 aliphatic heterocycles. The summed E-state index contributed by atoms with van der Waals surface area (Å²) in [5, 5.41) is 13.1. The van der Waals surface area contributed by atoms with Crippen molar-refractivity contribution in [2.24, 2.45) is 0 Å². The molecule has 108 valence electrons. The molecule has 3 nitrogen and oxygen atoms in total. The number of nitrogens with zero attached hydrogens (tertiary/aromatic N) is 1. The van der Waals surface area contributed by atoms with Gasteiger partial charge in [-0.15, -0.1) is 0 Å². The van der Waals surface area contributed by atoms with E-state index in [1.165, 1.54) is 6.42 Å². The molecular formula is C14H22Br2N2O. The fourth-order valence-electron chi connectivity index (χ4n) is 1.93. The van der Waals surface area contributed by atoms with Crippen LogP contribution in [0.4, 0.5) is 0 Å². The second kappa shape index (κ2) is 8.95.